The lowest BCUT2D eigenvalue weighted by atomic mass is 9.91. The lowest BCUT2D eigenvalue weighted by Gasteiger charge is -2.33. The second kappa shape index (κ2) is 8.55. The van der Waals surface area contributed by atoms with Crippen LogP contribution in [0.2, 0.25) is 0 Å². The molecule has 0 bridgehead atoms. The maximum Gasteiger partial charge on any atom is 0.417 e. The van der Waals surface area contributed by atoms with E-state index in [1.165, 1.54) is 0 Å². The number of hydrogen-bond acceptors (Lipinski definition) is 5. The Labute approximate surface area is 183 Å². The van der Waals surface area contributed by atoms with E-state index < -0.39 is 11.7 Å². The summed E-state index contributed by atoms with van der Waals surface area (Å²) >= 11 is 0. The Morgan fingerprint density at radius 2 is 2.09 bits per heavy atom. The van der Waals surface area contributed by atoms with E-state index >= 15 is 0 Å². The van der Waals surface area contributed by atoms with E-state index in [1.807, 2.05) is 11.5 Å². The van der Waals surface area contributed by atoms with E-state index in [2.05, 4.69) is 15.1 Å². The molecular weight excluding hydrogens is 423 g/mol. The minimum absolute atomic E-state index is 0.0417. The van der Waals surface area contributed by atoms with Crippen LogP contribution < -0.4 is 0 Å². The number of carbonyl (C=O) groups excluding carboxylic acids is 1. The van der Waals surface area contributed by atoms with Gasteiger partial charge in [0.05, 0.1) is 23.0 Å². The van der Waals surface area contributed by atoms with Gasteiger partial charge in [-0.25, -0.2) is 9.97 Å². The molecule has 0 spiro atoms. The maximum absolute atomic E-state index is 13.9. The van der Waals surface area contributed by atoms with Crippen LogP contribution in [0.4, 0.5) is 13.2 Å². The molecule has 1 aliphatic heterocycles. The van der Waals surface area contributed by atoms with Crippen molar-refractivity contribution in [1.29, 1.82) is 0 Å². The Bertz CT molecular complexity index is 1090. The molecule has 172 valence electrons. The smallest absolute Gasteiger partial charge is 0.342 e. The summed E-state index contributed by atoms with van der Waals surface area (Å²) in [7, 11) is 0. The van der Waals surface area contributed by atoms with Crippen LogP contribution in [0.5, 0.6) is 0 Å². The fourth-order valence-electron chi connectivity index (χ4n) is 4.23. The number of likely N-dealkylation sites (tertiary alicyclic amines) is 1. The van der Waals surface area contributed by atoms with E-state index in [4.69, 9.17) is 4.52 Å². The standard InChI is InChI=1S/C22H26F3N5O2/c1-13(2)17-10-16(22(23,24)25)19-20(28-32-21(19)27-17)15-5-4-7-29(11-15)18(31)9-14(3)30-8-6-26-12-30/h6,8,10,12-15H,4-5,7,9,11H2,1-3H3/t14-,15+/m1/s1. The molecular formula is C22H26F3N5O2. The van der Waals surface area contributed by atoms with Gasteiger partial charge in [-0.05, 0) is 31.7 Å². The predicted molar refractivity (Wildman–Crippen MR) is 111 cm³/mol. The molecule has 32 heavy (non-hydrogen) atoms. The number of alkyl halides is 3. The van der Waals surface area contributed by atoms with E-state index in [0.717, 1.165) is 6.07 Å². The number of pyridine rings is 1. The number of hydrogen-bond donors (Lipinski definition) is 0. The molecule has 3 aromatic heterocycles. The fourth-order valence-corrected chi connectivity index (χ4v) is 4.23. The maximum atomic E-state index is 13.9. The van der Waals surface area contributed by atoms with Crippen molar-refractivity contribution in [2.75, 3.05) is 13.1 Å². The van der Waals surface area contributed by atoms with Crippen molar-refractivity contribution in [2.24, 2.45) is 0 Å². The number of nitrogens with zero attached hydrogens (tertiary/aromatic N) is 5. The average Bonchev–Trinajstić information content (AvgIpc) is 3.42. The van der Waals surface area contributed by atoms with Gasteiger partial charge in [0, 0.05) is 49.6 Å². The van der Waals surface area contributed by atoms with E-state index in [1.54, 1.807) is 37.5 Å². The molecule has 1 fully saturated rings. The molecule has 4 heterocycles. The first kappa shape index (κ1) is 22.3. The Morgan fingerprint density at radius 1 is 1.31 bits per heavy atom. The molecule has 7 nitrogen and oxygen atoms in total. The third kappa shape index (κ3) is 4.35. The van der Waals surface area contributed by atoms with Gasteiger partial charge in [0.25, 0.3) is 5.71 Å². The first-order valence-corrected chi connectivity index (χ1v) is 10.8. The molecule has 1 aliphatic rings. The Kier molecular flexibility index (Phi) is 5.96. The summed E-state index contributed by atoms with van der Waals surface area (Å²) < 4.78 is 48.8. The van der Waals surface area contributed by atoms with E-state index in [0.29, 0.717) is 31.6 Å². The minimum Gasteiger partial charge on any atom is -0.342 e. The van der Waals surface area contributed by atoms with Gasteiger partial charge in [0.15, 0.2) is 0 Å². The van der Waals surface area contributed by atoms with Crippen LogP contribution in [-0.2, 0) is 11.0 Å². The molecule has 10 heteroatoms. The summed E-state index contributed by atoms with van der Waals surface area (Å²) in [6.07, 6.45) is 2.16. The monoisotopic (exact) mass is 449 g/mol. The van der Waals surface area contributed by atoms with Crippen LogP contribution in [0.3, 0.4) is 0 Å². The molecule has 0 aliphatic carbocycles. The molecule has 1 saturated heterocycles. The van der Waals surface area contributed by atoms with Gasteiger partial charge in [0.2, 0.25) is 5.91 Å². The lowest BCUT2D eigenvalue weighted by Crippen LogP contribution is -2.40. The Morgan fingerprint density at radius 3 is 2.75 bits per heavy atom. The van der Waals surface area contributed by atoms with Gasteiger partial charge in [-0.1, -0.05) is 19.0 Å². The SMILES string of the molecule is CC(C)c1cc(C(F)(F)F)c2c([C@H]3CCCN(C(=O)C[C@@H](C)n4ccnc4)C3)noc2n1. The second-order valence-electron chi connectivity index (χ2n) is 8.74. The van der Waals surface area contributed by atoms with Gasteiger partial charge in [-0.2, -0.15) is 13.2 Å². The fraction of sp³-hybridized carbons (Fsp3) is 0.545. The van der Waals surface area contributed by atoms with Crippen LogP contribution in [0.25, 0.3) is 11.1 Å². The van der Waals surface area contributed by atoms with Crippen molar-refractivity contribution >= 4 is 17.0 Å². The van der Waals surface area contributed by atoms with Crippen LogP contribution in [0.1, 0.15) is 74.9 Å². The van der Waals surface area contributed by atoms with Gasteiger partial charge < -0.3 is 14.0 Å². The molecule has 0 unspecified atom stereocenters. The van der Waals surface area contributed by atoms with Crippen molar-refractivity contribution in [2.45, 2.75) is 64.1 Å². The average molecular weight is 449 g/mol. The van der Waals surface area contributed by atoms with Gasteiger partial charge in [0.1, 0.15) is 0 Å². The second-order valence-corrected chi connectivity index (χ2v) is 8.74. The zero-order chi connectivity index (χ0) is 23.0. The van der Waals surface area contributed by atoms with E-state index in [-0.39, 0.29) is 47.0 Å². The summed E-state index contributed by atoms with van der Waals surface area (Å²) in [4.78, 5) is 22.9. The molecule has 1 amide bonds. The number of carbonyl (C=O) groups is 1. The highest BCUT2D eigenvalue weighted by atomic mass is 19.4. The molecule has 0 radical (unpaired) electrons. The van der Waals surface area contributed by atoms with Crippen LogP contribution in [0.15, 0.2) is 29.3 Å². The van der Waals surface area contributed by atoms with Gasteiger partial charge >= 0.3 is 6.18 Å². The molecule has 2 atom stereocenters. The largest absolute Gasteiger partial charge is 0.417 e. The highest BCUT2D eigenvalue weighted by molar-refractivity contribution is 5.82. The number of rotatable bonds is 5. The zero-order valence-corrected chi connectivity index (χ0v) is 18.3. The zero-order valence-electron chi connectivity index (χ0n) is 18.3. The summed E-state index contributed by atoms with van der Waals surface area (Å²) in [5.41, 5.74) is -0.341. The third-order valence-corrected chi connectivity index (χ3v) is 6.05. The van der Waals surface area contributed by atoms with Crippen molar-refractivity contribution in [3.63, 3.8) is 0 Å². The van der Waals surface area contributed by atoms with Crippen LogP contribution in [0, 0.1) is 0 Å². The number of imidazole rings is 1. The topological polar surface area (TPSA) is 77.0 Å². The normalized spacial score (nSPS) is 18.5. The number of halogens is 3. The highest BCUT2D eigenvalue weighted by Gasteiger charge is 2.38. The van der Waals surface area contributed by atoms with Crippen LogP contribution >= 0.6 is 0 Å². The number of fused-ring (bicyclic) bond motifs is 1. The Hall–Kier alpha value is -2.91. The molecule has 3 aromatic rings. The summed E-state index contributed by atoms with van der Waals surface area (Å²) in [5.74, 6) is -0.570. The summed E-state index contributed by atoms with van der Waals surface area (Å²) in [6, 6.07) is 1.03. The number of aromatic nitrogens is 4. The van der Waals surface area contributed by atoms with Crippen molar-refractivity contribution in [1.82, 2.24) is 24.6 Å². The summed E-state index contributed by atoms with van der Waals surface area (Å²) in [6.45, 7) is 6.37. The number of amides is 1. The third-order valence-electron chi connectivity index (χ3n) is 6.05. The minimum atomic E-state index is -4.56. The predicted octanol–water partition coefficient (Wildman–Crippen LogP) is 4.92. The van der Waals surface area contributed by atoms with E-state index in [9.17, 15) is 18.0 Å². The molecule has 0 aromatic carbocycles. The Balaban J connectivity index is 1.60. The summed E-state index contributed by atoms with van der Waals surface area (Å²) in [5, 5.41) is 3.91. The number of piperidine rings is 1. The molecule has 0 N–H and O–H groups in total. The quantitative estimate of drug-likeness (QED) is 0.553. The molecule has 4 rings (SSSR count). The lowest BCUT2D eigenvalue weighted by molar-refractivity contribution is -0.136. The van der Waals surface area contributed by atoms with Crippen molar-refractivity contribution < 1.29 is 22.5 Å². The highest BCUT2D eigenvalue weighted by Crippen LogP contribution is 2.40. The van der Waals surface area contributed by atoms with Gasteiger partial charge in [-0.15, -0.1) is 0 Å². The van der Waals surface area contributed by atoms with Gasteiger partial charge in [-0.3, -0.25) is 4.79 Å². The van der Waals surface area contributed by atoms with Crippen molar-refractivity contribution in [3.8, 4) is 0 Å². The molecule has 0 saturated carbocycles. The van der Waals surface area contributed by atoms with Crippen LogP contribution in [-0.4, -0.2) is 43.6 Å². The first-order chi connectivity index (χ1) is 15.1. The van der Waals surface area contributed by atoms with Crippen molar-refractivity contribution in [3.05, 3.63) is 41.7 Å². The first-order valence-electron chi connectivity index (χ1n) is 10.8.